The van der Waals surface area contributed by atoms with Gasteiger partial charge in [-0.25, -0.2) is 9.18 Å². The highest BCUT2D eigenvalue weighted by molar-refractivity contribution is 5.88. The summed E-state index contributed by atoms with van der Waals surface area (Å²) in [6.07, 6.45) is 2.72. The summed E-state index contributed by atoms with van der Waals surface area (Å²) < 4.78 is 27.3. The first-order valence-electron chi connectivity index (χ1n) is 12.7. The van der Waals surface area contributed by atoms with Crippen molar-refractivity contribution in [2.75, 3.05) is 0 Å². The molecule has 2 aliphatic rings. The van der Waals surface area contributed by atoms with Gasteiger partial charge in [0.2, 0.25) is 0 Å². The van der Waals surface area contributed by atoms with Crippen LogP contribution in [0.2, 0.25) is 0 Å². The van der Waals surface area contributed by atoms with Crippen molar-refractivity contribution in [2.45, 2.75) is 63.5 Å². The summed E-state index contributed by atoms with van der Waals surface area (Å²) in [5.74, 6) is -1.67. The molecule has 7 heteroatoms. The van der Waals surface area contributed by atoms with Gasteiger partial charge < -0.3 is 19.5 Å². The Morgan fingerprint density at radius 1 is 0.946 bits per heavy atom. The number of carboxylic acids is 1. The number of hydrogen-bond donors (Lipinski definition) is 1. The average molecular weight is 504 g/mol. The van der Waals surface area contributed by atoms with E-state index in [2.05, 4.69) is 0 Å². The molecule has 2 atom stereocenters. The Morgan fingerprint density at radius 2 is 1.62 bits per heavy atom. The number of carboxylic acid groups (broad SMARTS) is 1. The Labute approximate surface area is 215 Å². The SMILES string of the molecule is O=C(O)[C@H]1Cc2c(OCc3ccccc3)ccc(F)c2CN1C(=O)[C@H](OC1CCCC1)c1ccccc1. The van der Waals surface area contributed by atoms with E-state index >= 15 is 4.39 Å². The number of hydrogen-bond acceptors (Lipinski definition) is 4. The van der Waals surface area contributed by atoms with Crippen LogP contribution in [0.3, 0.4) is 0 Å². The number of amides is 1. The van der Waals surface area contributed by atoms with Gasteiger partial charge in [-0.2, -0.15) is 0 Å². The first-order chi connectivity index (χ1) is 18.0. The van der Waals surface area contributed by atoms with Crippen LogP contribution in [-0.4, -0.2) is 34.0 Å². The summed E-state index contributed by atoms with van der Waals surface area (Å²) in [6.45, 7) is 0.0987. The van der Waals surface area contributed by atoms with Crippen molar-refractivity contribution in [3.8, 4) is 5.75 Å². The lowest BCUT2D eigenvalue weighted by Gasteiger charge is -2.37. The Morgan fingerprint density at radius 3 is 2.30 bits per heavy atom. The third-order valence-electron chi connectivity index (χ3n) is 7.20. The minimum absolute atomic E-state index is 0.0524. The van der Waals surface area contributed by atoms with Gasteiger partial charge in [0, 0.05) is 24.1 Å². The van der Waals surface area contributed by atoms with Crippen molar-refractivity contribution in [2.24, 2.45) is 0 Å². The Balaban J connectivity index is 1.45. The van der Waals surface area contributed by atoms with Crippen LogP contribution in [0.4, 0.5) is 4.39 Å². The molecule has 1 aliphatic heterocycles. The lowest BCUT2D eigenvalue weighted by Crippen LogP contribution is -2.51. The van der Waals surface area contributed by atoms with Crippen LogP contribution in [0.1, 0.15) is 54.0 Å². The number of fused-ring (bicyclic) bond motifs is 1. The molecule has 3 aromatic rings. The fraction of sp³-hybridized carbons (Fsp3) is 0.333. The first kappa shape index (κ1) is 25.0. The normalized spacial score (nSPS) is 18.3. The zero-order chi connectivity index (χ0) is 25.8. The van der Waals surface area contributed by atoms with E-state index in [1.54, 1.807) is 12.1 Å². The first-order valence-corrected chi connectivity index (χ1v) is 12.7. The summed E-state index contributed by atoms with van der Waals surface area (Å²) in [5.41, 5.74) is 2.37. The molecule has 6 nitrogen and oxygen atoms in total. The van der Waals surface area contributed by atoms with E-state index < -0.39 is 29.8 Å². The van der Waals surface area contributed by atoms with Crippen molar-refractivity contribution >= 4 is 11.9 Å². The molecule has 1 saturated carbocycles. The molecule has 192 valence electrons. The molecule has 1 amide bonds. The number of halogens is 1. The number of benzene rings is 3. The minimum Gasteiger partial charge on any atom is -0.489 e. The van der Waals surface area contributed by atoms with E-state index in [4.69, 9.17) is 9.47 Å². The van der Waals surface area contributed by atoms with Crippen molar-refractivity contribution in [3.05, 3.63) is 101 Å². The molecule has 1 fully saturated rings. The number of carbonyl (C=O) groups is 2. The van der Waals surface area contributed by atoms with Crippen LogP contribution in [-0.2, 0) is 33.9 Å². The van der Waals surface area contributed by atoms with Gasteiger partial charge in [-0.15, -0.1) is 0 Å². The van der Waals surface area contributed by atoms with Crippen LogP contribution in [0.15, 0.2) is 72.8 Å². The van der Waals surface area contributed by atoms with E-state index in [1.807, 2.05) is 48.5 Å². The largest absolute Gasteiger partial charge is 0.489 e. The van der Waals surface area contributed by atoms with Gasteiger partial charge in [-0.05, 0) is 36.1 Å². The fourth-order valence-electron chi connectivity index (χ4n) is 5.22. The highest BCUT2D eigenvalue weighted by Crippen LogP contribution is 2.36. The van der Waals surface area contributed by atoms with Gasteiger partial charge in [0.05, 0.1) is 6.10 Å². The molecule has 1 heterocycles. The van der Waals surface area contributed by atoms with Crippen molar-refractivity contribution in [3.63, 3.8) is 0 Å². The van der Waals surface area contributed by atoms with E-state index in [1.165, 1.54) is 17.0 Å². The third-order valence-corrected chi connectivity index (χ3v) is 7.20. The van der Waals surface area contributed by atoms with Crippen LogP contribution in [0, 0.1) is 5.82 Å². The summed E-state index contributed by atoms with van der Waals surface area (Å²) in [6, 6.07) is 20.3. The molecule has 0 spiro atoms. The maximum atomic E-state index is 15.1. The molecule has 1 N–H and O–H groups in total. The lowest BCUT2D eigenvalue weighted by molar-refractivity contribution is -0.160. The number of carbonyl (C=O) groups excluding carboxylic acids is 1. The van der Waals surface area contributed by atoms with Crippen LogP contribution in [0.5, 0.6) is 5.75 Å². The topological polar surface area (TPSA) is 76.1 Å². The number of aliphatic carboxylic acids is 1. The van der Waals surface area contributed by atoms with Crippen molar-refractivity contribution < 1.29 is 28.6 Å². The summed E-state index contributed by atoms with van der Waals surface area (Å²) in [7, 11) is 0. The summed E-state index contributed by atoms with van der Waals surface area (Å²) in [4.78, 5) is 27.5. The average Bonchev–Trinajstić information content (AvgIpc) is 3.45. The van der Waals surface area contributed by atoms with Crippen molar-refractivity contribution in [1.29, 1.82) is 0 Å². The highest BCUT2D eigenvalue weighted by atomic mass is 19.1. The Kier molecular flexibility index (Phi) is 7.51. The van der Waals surface area contributed by atoms with E-state index in [0.717, 1.165) is 31.2 Å². The van der Waals surface area contributed by atoms with Gasteiger partial charge >= 0.3 is 5.97 Å². The van der Waals surface area contributed by atoms with Gasteiger partial charge in [0.15, 0.2) is 6.10 Å². The van der Waals surface area contributed by atoms with Gasteiger partial charge in [0.1, 0.15) is 24.2 Å². The molecular weight excluding hydrogens is 473 g/mol. The maximum absolute atomic E-state index is 15.1. The second-order valence-corrected chi connectivity index (χ2v) is 9.63. The van der Waals surface area contributed by atoms with Gasteiger partial charge in [0.25, 0.3) is 5.91 Å². The zero-order valence-corrected chi connectivity index (χ0v) is 20.5. The summed E-state index contributed by atoms with van der Waals surface area (Å²) >= 11 is 0. The van der Waals surface area contributed by atoms with E-state index in [9.17, 15) is 14.7 Å². The number of ether oxygens (including phenoxy) is 2. The molecule has 0 unspecified atom stereocenters. The summed E-state index contributed by atoms with van der Waals surface area (Å²) in [5, 5.41) is 10.1. The maximum Gasteiger partial charge on any atom is 0.326 e. The molecular formula is C30H30FNO5. The Bertz CT molecular complexity index is 1240. The monoisotopic (exact) mass is 503 g/mol. The fourth-order valence-corrected chi connectivity index (χ4v) is 5.22. The predicted molar refractivity (Wildman–Crippen MR) is 135 cm³/mol. The molecule has 0 aromatic heterocycles. The van der Waals surface area contributed by atoms with Gasteiger partial charge in [-0.1, -0.05) is 73.5 Å². The molecule has 37 heavy (non-hydrogen) atoms. The zero-order valence-electron chi connectivity index (χ0n) is 20.5. The lowest BCUT2D eigenvalue weighted by atomic mass is 9.91. The highest BCUT2D eigenvalue weighted by Gasteiger charge is 2.41. The molecule has 0 saturated heterocycles. The predicted octanol–water partition coefficient (Wildman–Crippen LogP) is 5.44. The number of nitrogens with zero attached hydrogens (tertiary/aromatic N) is 1. The van der Waals surface area contributed by atoms with Crippen molar-refractivity contribution in [1.82, 2.24) is 4.90 Å². The molecule has 0 bridgehead atoms. The van der Waals surface area contributed by atoms with E-state index in [-0.39, 0.29) is 31.2 Å². The molecule has 5 rings (SSSR count). The minimum atomic E-state index is -1.17. The molecule has 0 radical (unpaired) electrons. The van der Waals surface area contributed by atoms with Crippen LogP contribution in [0.25, 0.3) is 0 Å². The smallest absolute Gasteiger partial charge is 0.326 e. The Hall–Kier alpha value is -3.71. The second-order valence-electron chi connectivity index (χ2n) is 9.63. The quantitative estimate of drug-likeness (QED) is 0.443. The van der Waals surface area contributed by atoms with Gasteiger partial charge in [-0.3, -0.25) is 4.79 Å². The molecule has 1 aliphatic carbocycles. The standard InChI is InChI=1S/C30H30FNO5/c31-25-15-16-27(36-19-20-9-3-1-4-10-20)23-17-26(30(34)35)32(18-24(23)25)29(33)28(21-11-5-2-6-12-21)37-22-13-7-8-14-22/h1-6,9-12,15-16,22,26,28H,7-8,13-14,17-19H2,(H,34,35)/t26-,28-/m1/s1. The van der Waals surface area contributed by atoms with Crippen LogP contribution >= 0.6 is 0 Å². The third kappa shape index (κ3) is 5.52. The second kappa shape index (κ2) is 11.1. The van der Waals surface area contributed by atoms with E-state index in [0.29, 0.717) is 16.9 Å². The molecule has 3 aromatic carbocycles. The number of rotatable bonds is 8. The van der Waals surface area contributed by atoms with Crippen LogP contribution < -0.4 is 4.74 Å².